The van der Waals surface area contributed by atoms with E-state index >= 15 is 0 Å². The molecule has 3 N–H and O–H groups in total. The zero-order valence-electron chi connectivity index (χ0n) is 22.3. The Balaban J connectivity index is 1.48. The molecule has 0 atom stereocenters. The molecule has 0 aliphatic carbocycles. The lowest BCUT2D eigenvalue weighted by molar-refractivity contribution is -0.382. The van der Waals surface area contributed by atoms with E-state index in [0.717, 1.165) is 34.2 Å². The number of benzene rings is 4. The molecule has 4 aromatic carbocycles. The first-order valence-electron chi connectivity index (χ1n) is 13.1. The Hall–Kier alpha value is -4.27. The summed E-state index contributed by atoms with van der Waals surface area (Å²) in [6.07, 6.45) is 1.02. The topological polar surface area (TPSA) is 112 Å². The van der Waals surface area contributed by atoms with Crippen molar-refractivity contribution in [3.8, 4) is 11.1 Å². The second-order valence-corrected chi connectivity index (χ2v) is 8.98. The van der Waals surface area contributed by atoms with Crippen molar-refractivity contribution in [1.29, 1.82) is 0 Å². The predicted octanol–water partition coefficient (Wildman–Crippen LogP) is 6.85. The van der Waals surface area contributed by atoms with Gasteiger partial charge in [0, 0.05) is 30.9 Å². The van der Waals surface area contributed by atoms with E-state index in [4.69, 9.17) is 15.2 Å². The highest BCUT2D eigenvalue weighted by atomic mass is 16.7. The second kappa shape index (κ2) is 13.5. The van der Waals surface area contributed by atoms with Gasteiger partial charge in [0.15, 0.2) is 6.29 Å². The van der Waals surface area contributed by atoms with Crippen molar-refractivity contribution >= 4 is 33.7 Å². The van der Waals surface area contributed by atoms with Gasteiger partial charge in [0.1, 0.15) is 5.69 Å². The zero-order chi connectivity index (χ0) is 27.6. The van der Waals surface area contributed by atoms with Crippen LogP contribution in [-0.2, 0) is 15.9 Å². The third kappa shape index (κ3) is 7.19. The average molecular weight is 527 g/mol. The molecule has 0 fully saturated rings. The molecule has 8 heteroatoms. The third-order valence-electron chi connectivity index (χ3n) is 6.36. The number of fused-ring (bicyclic) bond motifs is 1. The number of rotatable bonds is 13. The number of aliphatic imine (C=N–C) groups is 1. The fraction of sp³-hybridized carbons (Fsp3) is 0.258. The van der Waals surface area contributed by atoms with Gasteiger partial charge in [-0.1, -0.05) is 66.7 Å². The highest BCUT2D eigenvalue weighted by Crippen LogP contribution is 2.37. The van der Waals surface area contributed by atoms with Crippen molar-refractivity contribution in [3.63, 3.8) is 0 Å². The molecule has 0 saturated heterocycles. The van der Waals surface area contributed by atoms with E-state index < -0.39 is 0 Å². The first-order valence-corrected chi connectivity index (χ1v) is 13.1. The van der Waals surface area contributed by atoms with Gasteiger partial charge in [0.25, 0.3) is 5.69 Å². The number of amidine groups is 1. The summed E-state index contributed by atoms with van der Waals surface area (Å²) >= 11 is 0. The van der Waals surface area contributed by atoms with Gasteiger partial charge in [-0.15, -0.1) is 0 Å². The van der Waals surface area contributed by atoms with Crippen LogP contribution in [0.4, 0.5) is 17.1 Å². The van der Waals surface area contributed by atoms with E-state index in [1.54, 1.807) is 12.1 Å². The number of para-hydroxylation sites is 1. The molecule has 4 aromatic rings. The molecule has 0 aliphatic heterocycles. The fourth-order valence-electron chi connectivity index (χ4n) is 4.46. The maximum Gasteiger partial charge on any atom is 0.300 e. The van der Waals surface area contributed by atoms with E-state index in [1.807, 2.05) is 62.4 Å². The summed E-state index contributed by atoms with van der Waals surface area (Å²) in [5.74, 6) is 0.565. The molecule has 0 spiro atoms. The SMILES string of the molecule is CCOC(CN=C(N)CCc1ccc(-c2ccccc2Nc2ccc3ccccc3c2[N+](=O)[O-])cc1)OCC. The number of aryl methyl sites for hydroxylation is 1. The van der Waals surface area contributed by atoms with Crippen molar-refractivity contribution in [2.45, 2.75) is 33.0 Å². The predicted molar refractivity (Wildman–Crippen MR) is 158 cm³/mol. The number of nitrogens with two attached hydrogens (primary N) is 1. The number of nitrogens with zero attached hydrogens (tertiary/aromatic N) is 2. The number of nitro groups is 1. The highest BCUT2D eigenvalue weighted by Gasteiger charge is 2.19. The first kappa shape index (κ1) is 27.8. The largest absolute Gasteiger partial charge is 0.387 e. The van der Waals surface area contributed by atoms with Gasteiger partial charge >= 0.3 is 0 Å². The lowest BCUT2D eigenvalue weighted by atomic mass is 10.00. The third-order valence-corrected chi connectivity index (χ3v) is 6.36. The molecule has 0 aliphatic rings. The van der Waals surface area contributed by atoms with Crippen LogP contribution in [-0.4, -0.2) is 36.8 Å². The summed E-state index contributed by atoms with van der Waals surface area (Å²) in [4.78, 5) is 16.1. The van der Waals surface area contributed by atoms with Crippen LogP contribution in [0.25, 0.3) is 21.9 Å². The van der Waals surface area contributed by atoms with Gasteiger partial charge in [-0.2, -0.15) is 0 Å². The molecule has 0 heterocycles. The average Bonchev–Trinajstić information content (AvgIpc) is 2.95. The minimum Gasteiger partial charge on any atom is -0.387 e. The maximum atomic E-state index is 12.0. The minimum atomic E-state index is -0.373. The standard InChI is InChI=1S/C31H34N4O4/c1-3-38-30(39-4-2)21-33-29(32)20-15-22-13-16-24(17-14-22)25-10-7-8-12-27(25)34-28-19-18-23-9-5-6-11-26(23)31(28)35(36)37/h5-14,16-19,30,34H,3-4,15,20-21H2,1-2H3,(H2,32,33). The van der Waals surface area contributed by atoms with Gasteiger partial charge in [-0.05, 0) is 55.0 Å². The monoisotopic (exact) mass is 526 g/mol. The Labute approximate surface area is 228 Å². The van der Waals surface area contributed by atoms with Gasteiger partial charge in [0.2, 0.25) is 0 Å². The Morgan fingerprint density at radius 2 is 1.62 bits per heavy atom. The summed E-state index contributed by atoms with van der Waals surface area (Å²) in [7, 11) is 0. The van der Waals surface area contributed by atoms with E-state index in [9.17, 15) is 10.1 Å². The Morgan fingerprint density at radius 3 is 2.33 bits per heavy atom. The number of nitrogens with one attached hydrogen (secondary N) is 1. The molecular weight excluding hydrogens is 492 g/mol. The molecule has 8 nitrogen and oxygen atoms in total. The molecule has 4 rings (SSSR count). The fourth-order valence-corrected chi connectivity index (χ4v) is 4.46. The summed E-state index contributed by atoms with van der Waals surface area (Å²) in [5.41, 5.74) is 10.5. The van der Waals surface area contributed by atoms with Gasteiger partial charge in [0.05, 0.1) is 22.7 Å². The lowest BCUT2D eigenvalue weighted by Crippen LogP contribution is -2.23. The van der Waals surface area contributed by atoms with Crippen molar-refractivity contribution in [2.75, 3.05) is 25.1 Å². The molecule has 39 heavy (non-hydrogen) atoms. The Bertz CT molecular complexity index is 1430. The summed E-state index contributed by atoms with van der Waals surface area (Å²) in [6, 6.07) is 27.0. The van der Waals surface area contributed by atoms with E-state index in [0.29, 0.717) is 43.1 Å². The summed E-state index contributed by atoms with van der Waals surface area (Å²) < 4.78 is 11.0. The first-order chi connectivity index (χ1) is 19.0. The molecule has 0 radical (unpaired) electrons. The van der Waals surface area contributed by atoms with Crippen LogP contribution >= 0.6 is 0 Å². The number of nitro benzene ring substituents is 1. The number of ether oxygens (including phenoxy) is 2. The quantitative estimate of drug-likeness (QED) is 0.0648. The number of anilines is 2. The molecule has 0 bridgehead atoms. The van der Waals surface area contributed by atoms with Crippen LogP contribution in [0.15, 0.2) is 89.9 Å². The minimum absolute atomic E-state index is 0.0614. The highest BCUT2D eigenvalue weighted by molar-refractivity contribution is 5.98. The van der Waals surface area contributed by atoms with Crippen LogP contribution in [0.3, 0.4) is 0 Å². The molecule has 0 unspecified atom stereocenters. The maximum absolute atomic E-state index is 12.0. The van der Waals surface area contributed by atoms with E-state index in [-0.39, 0.29) is 16.9 Å². The molecule has 0 amide bonds. The van der Waals surface area contributed by atoms with Gasteiger partial charge < -0.3 is 20.5 Å². The Kier molecular flexibility index (Phi) is 9.61. The van der Waals surface area contributed by atoms with Crippen molar-refractivity contribution in [1.82, 2.24) is 0 Å². The van der Waals surface area contributed by atoms with E-state index in [2.05, 4.69) is 34.6 Å². The number of hydrogen-bond donors (Lipinski definition) is 2. The van der Waals surface area contributed by atoms with Crippen molar-refractivity contribution in [2.24, 2.45) is 10.7 Å². The lowest BCUT2D eigenvalue weighted by Gasteiger charge is -2.15. The summed E-state index contributed by atoms with van der Waals surface area (Å²) in [5, 5.41) is 16.7. The van der Waals surface area contributed by atoms with Crippen molar-refractivity contribution in [3.05, 3.63) is 101 Å². The molecule has 0 aromatic heterocycles. The molecule has 202 valence electrons. The zero-order valence-corrected chi connectivity index (χ0v) is 22.3. The number of hydrogen-bond acceptors (Lipinski definition) is 6. The van der Waals surface area contributed by atoms with Crippen molar-refractivity contribution < 1.29 is 14.4 Å². The van der Waals surface area contributed by atoms with E-state index in [1.165, 1.54) is 0 Å². The summed E-state index contributed by atoms with van der Waals surface area (Å²) in [6.45, 7) is 5.34. The van der Waals surface area contributed by atoms with Gasteiger partial charge in [-0.3, -0.25) is 15.1 Å². The van der Waals surface area contributed by atoms with Crippen LogP contribution in [0.2, 0.25) is 0 Å². The second-order valence-electron chi connectivity index (χ2n) is 8.98. The smallest absolute Gasteiger partial charge is 0.300 e. The molecule has 0 saturated carbocycles. The van der Waals surface area contributed by atoms with Crippen LogP contribution in [0.5, 0.6) is 0 Å². The van der Waals surface area contributed by atoms with Crippen LogP contribution in [0.1, 0.15) is 25.8 Å². The molecular formula is C31H34N4O4. The Morgan fingerprint density at radius 1 is 0.923 bits per heavy atom. The van der Waals surface area contributed by atoms with Crippen LogP contribution in [0, 0.1) is 10.1 Å². The van der Waals surface area contributed by atoms with Crippen LogP contribution < -0.4 is 11.1 Å². The van der Waals surface area contributed by atoms with Gasteiger partial charge in [-0.25, -0.2) is 0 Å². The normalized spacial score (nSPS) is 11.7.